The van der Waals surface area contributed by atoms with E-state index in [1.807, 2.05) is 13.0 Å². The fourth-order valence-electron chi connectivity index (χ4n) is 2.60. The Morgan fingerprint density at radius 1 is 1.41 bits per heavy atom. The second kappa shape index (κ2) is 3.45. The van der Waals surface area contributed by atoms with Crippen molar-refractivity contribution in [2.45, 2.75) is 38.2 Å². The molecule has 2 aliphatic rings. The maximum Gasteiger partial charge on any atom is 0.165 e. The molecule has 0 saturated heterocycles. The van der Waals surface area contributed by atoms with E-state index in [1.54, 1.807) is 6.92 Å². The summed E-state index contributed by atoms with van der Waals surface area (Å²) in [7, 11) is 0. The molecule has 1 N–H and O–H groups in total. The van der Waals surface area contributed by atoms with Crippen LogP contribution >= 0.6 is 0 Å². The molecule has 2 nitrogen and oxygen atoms in total. The van der Waals surface area contributed by atoms with Crippen LogP contribution in [-0.2, 0) is 5.60 Å². The first-order valence-corrected chi connectivity index (χ1v) is 6.19. The van der Waals surface area contributed by atoms with Crippen molar-refractivity contribution in [3.8, 4) is 5.75 Å². The van der Waals surface area contributed by atoms with Gasteiger partial charge in [0.2, 0.25) is 0 Å². The van der Waals surface area contributed by atoms with Crippen molar-refractivity contribution in [3.05, 3.63) is 29.1 Å². The van der Waals surface area contributed by atoms with Crippen LogP contribution in [0.15, 0.2) is 12.1 Å². The zero-order chi connectivity index (χ0) is 12.2. The third-order valence-electron chi connectivity index (χ3n) is 4.04. The molecular formula is C14H17FO2. The predicted octanol–water partition coefficient (Wildman–Crippen LogP) is 2.94. The Kier molecular flexibility index (Phi) is 2.24. The lowest BCUT2D eigenvalue weighted by Crippen LogP contribution is -2.24. The summed E-state index contributed by atoms with van der Waals surface area (Å²) < 4.78 is 19.2. The monoisotopic (exact) mass is 236 g/mol. The van der Waals surface area contributed by atoms with Crippen LogP contribution in [0.1, 0.15) is 43.7 Å². The minimum absolute atomic E-state index is 0.203. The van der Waals surface area contributed by atoms with Gasteiger partial charge in [0.25, 0.3) is 0 Å². The van der Waals surface area contributed by atoms with E-state index < -0.39 is 5.60 Å². The molecule has 92 valence electrons. The smallest absolute Gasteiger partial charge is 0.165 e. The molecule has 3 heteroatoms. The third-order valence-corrected chi connectivity index (χ3v) is 4.04. The van der Waals surface area contributed by atoms with Gasteiger partial charge in [0.15, 0.2) is 11.6 Å². The van der Waals surface area contributed by atoms with Crippen molar-refractivity contribution < 1.29 is 14.2 Å². The first-order chi connectivity index (χ1) is 8.00. The average molecular weight is 236 g/mol. The molecule has 2 atom stereocenters. The van der Waals surface area contributed by atoms with Gasteiger partial charge >= 0.3 is 0 Å². The summed E-state index contributed by atoms with van der Waals surface area (Å²) in [5.41, 5.74) is 0.674. The number of halogens is 1. The van der Waals surface area contributed by atoms with Crippen LogP contribution in [0.5, 0.6) is 5.75 Å². The summed E-state index contributed by atoms with van der Waals surface area (Å²) >= 11 is 0. The highest BCUT2D eigenvalue weighted by Crippen LogP contribution is 2.47. The van der Waals surface area contributed by atoms with Crippen LogP contribution in [0.4, 0.5) is 4.39 Å². The van der Waals surface area contributed by atoms with Crippen LogP contribution in [0.2, 0.25) is 0 Å². The normalized spacial score (nSPS) is 26.2. The molecule has 1 aliphatic heterocycles. The van der Waals surface area contributed by atoms with Crippen molar-refractivity contribution in [3.63, 3.8) is 0 Å². The number of ether oxygens (including phenoxy) is 1. The van der Waals surface area contributed by atoms with E-state index in [1.165, 1.54) is 6.07 Å². The standard InChI is InChI=1S/C14H17FO2/c1-8-7-17-13-11(8)5-10(6-12(13)15)14(2,16)9-3-4-9/h5-6,8-9,16H,3-4,7H2,1-2H3. The molecule has 0 aromatic heterocycles. The fraction of sp³-hybridized carbons (Fsp3) is 0.571. The van der Waals surface area contributed by atoms with Gasteiger partial charge in [-0.2, -0.15) is 0 Å². The second-order valence-electron chi connectivity index (χ2n) is 5.51. The minimum atomic E-state index is -0.905. The van der Waals surface area contributed by atoms with Gasteiger partial charge < -0.3 is 9.84 Å². The zero-order valence-electron chi connectivity index (χ0n) is 10.2. The average Bonchev–Trinajstić information content (AvgIpc) is 3.05. The summed E-state index contributed by atoms with van der Waals surface area (Å²) in [4.78, 5) is 0. The van der Waals surface area contributed by atoms with E-state index in [-0.39, 0.29) is 17.7 Å². The predicted molar refractivity (Wildman–Crippen MR) is 62.6 cm³/mol. The van der Waals surface area contributed by atoms with E-state index in [0.717, 1.165) is 18.4 Å². The van der Waals surface area contributed by atoms with Crippen LogP contribution in [0.3, 0.4) is 0 Å². The lowest BCUT2D eigenvalue weighted by molar-refractivity contribution is 0.0327. The van der Waals surface area contributed by atoms with Crippen molar-refractivity contribution in [1.82, 2.24) is 0 Å². The summed E-state index contributed by atoms with van der Waals surface area (Å²) in [5, 5.41) is 10.5. The molecule has 1 aromatic rings. The lowest BCUT2D eigenvalue weighted by atomic mass is 9.88. The maximum absolute atomic E-state index is 13.9. The number of hydrogen-bond donors (Lipinski definition) is 1. The van der Waals surface area contributed by atoms with Crippen molar-refractivity contribution in [2.75, 3.05) is 6.61 Å². The van der Waals surface area contributed by atoms with Crippen LogP contribution in [0, 0.1) is 11.7 Å². The Bertz CT molecular complexity index is 464. The van der Waals surface area contributed by atoms with Crippen molar-refractivity contribution >= 4 is 0 Å². The van der Waals surface area contributed by atoms with E-state index in [4.69, 9.17) is 4.74 Å². The Hall–Kier alpha value is -1.09. The largest absolute Gasteiger partial charge is 0.490 e. The highest BCUT2D eigenvalue weighted by molar-refractivity contribution is 5.45. The molecule has 1 aliphatic carbocycles. The van der Waals surface area contributed by atoms with Crippen molar-refractivity contribution in [1.29, 1.82) is 0 Å². The number of hydrogen-bond acceptors (Lipinski definition) is 2. The van der Waals surface area contributed by atoms with Gasteiger partial charge in [0.05, 0.1) is 12.2 Å². The van der Waals surface area contributed by atoms with E-state index in [9.17, 15) is 9.50 Å². The number of rotatable bonds is 2. The van der Waals surface area contributed by atoms with Gasteiger partial charge in [-0.25, -0.2) is 4.39 Å². The topological polar surface area (TPSA) is 29.5 Å². The second-order valence-corrected chi connectivity index (χ2v) is 5.51. The molecule has 17 heavy (non-hydrogen) atoms. The van der Waals surface area contributed by atoms with Gasteiger partial charge in [0, 0.05) is 11.5 Å². The van der Waals surface area contributed by atoms with E-state index in [0.29, 0.717) is 17.9 Å². The molecular weight excluding hydrogens is 219 g/mol. The maximum atomic E-state index is 13.9. The summed E-state index contributed by atoms with van der Waals surface area (Å²) in [6, 6.07) is 3.34. The zero-order valence-corrected chi connectivity index (χ0v) is 10.2. The lowest BCUT2D eigenvalue weighted by Gasteiger charge is -2.24. The first kappa shape index (κ1) is 11.0. The molecule has 0 radical (unpaired) electrons. The first-order valence-electron chi connectivity index (χ1n) is 6.19. The van der Waals surface area contributed by atoms with Crippen LogP contribution in [0.25, 0.3) is 0 Å². The number of benzene rings is 1. The molecule has 1 saturated carbocycles. The van der Waals surface area contributed by atoms with Gasteiger partial charge in [-0.05, 0) is 43.4 Å². The Morgan fingerprint density at radius 2 is 2.12 bits per heavy atom. The molecule has 0 bridgehead atoms. The van der Waals surface area contributed by atoms with Crippen LogP contribution in [-0.4, -0.2) is 11.7 Å². The summed E-state index contributed by atoms with van der Waals surface area (Å²) in [6.07, 6.45) is 2.05. The quantitative estimate of drug-likeness (QED) is 0.855. The van der Waals surface area contributed by atoms with Gasteiger partial charge in [-0.15, -0.1) is 0 Å². The SMILES string of the molecule is CC1COc2c(F)cc(C(C)(O)C3CC3)cc21. The highest BCUT2D eigenvalue weighted by Gasteiger charge is 2.42. The van der Waals surface area contributed by atoms with E-state index in [2.05, 4.69) is 0 Å². The highest BCUT2D eigenvalue weighted by atomic mass is 19.1. The van der Waals surface area contributed by atoms with E-state index >= 15 is 0 Å². The Labute approximate surface area is 100 Å². The molecule has 1 fully saturated rings. The van der Waals surface area contributed by atoms with Crippen LogP contribution < -0.4 is 4.74 Å². The molecule has 0 spiro atoms. The molecule has 0 amide bonds. The number of aliphatic hydroxyl groups is 1. The summed E-state index contributed by atoms with van der Waals surface area (Å²) in [5.74, 6) is 0.502. The molecule has 1 heterocycles. The number of fused-ring (bicyclic) bond motifs is 1. The Morgan fingerprint density at radius 3 is 2.76 bits per heavy atom. The summed E-state index contributed by atoms with van der Waals surface area (Å²) in [6.45, 7) is 4.33. The van der Waals surface area contributed by atoms with Gasteiger partial charge in [-0.3, -0.25) is 0 Å². The Balaban J connectivity index is 2.07. The minimum Gasteiger partial charge on any atom is -0.490 e. The fourth-order valence-corrected chi connectivity index (χ4v) is 2.60. The molecule has 3 rings (SSSR count). The molecule has 2 unspecified atom stereocenters. The van der Waals surface area contributed by atoms with Crippen molar-refractivity contribution in [2.24, 2.45) is 5.92 Å². The molecule has 1 aromatic carbocycles. The van der Waals surface area contributed by atoms with Gasteiger partial charge in [0.1, 0.15) is 0 Å². The third kappa shape index (κ3) is 1.64. The van der Waals surface area contributed by atoms with Gasteiger partial charge in [-0.1, -0.05) is 6.92 Å².